The van der Waals surface area contributed by atoms with Crippen molar-refractivity contribution in [3.63, 3.8) is 0 Å². The summed E-state index contributed by atoms with van der Waals surface area (Å²) in [6, 6.07) is 0.407. The summed E-state index contributed by atoms with van der Waals surface area (Å²) in [5, 5.41) is 3.13. The molecule has 0 aromatic rings. The van der Waals surface area contributed by atoms with Crippen LogP contribution in [-0.4, -0.2) is 25.2 Å². The smallest absolute Gasteiger partial charge is 0.322 e. The molecular formula is C7H13NO2. The quantitative estimate of drug-likeness (QED) is 0.536. The molecule has 1 N–H and O–H groups in total. The third-order valence-electron chi connectivity index (χ3n) is 1.86. The number of hydrogen-bond donors (Lipinski definition) is 1. The number of carbonyl (C=O) groups excluding carboxylic acids is 1. The zero-order chi connectivity index (χ0) is 7.56. The van der Waals surface area contributed by atoms with Crippen LogP contribution < -0.4 is 5.32 Å². The van der Waals surface area contributed by atoms with Crippen LogP contribution in [0.3, 0.4) is 0 Å². The van der Waals surface area contributed by atoms with E-state index in [1.54, 1.807) is 0 Å². The molecular weight excluding hydrogens is 130 g/mol. The Morgan fingerprint density at radius 1 is 1.60 bits per heavy atom. The van der Waals surface area contributed by atoms with Crippen molar-refractivity contribution in [2.24, 2.45) is 0 Å². The van der Waals surface area contributed by atoms with Crippen LogP contribution in [-0.2, 0) is 9.53 Å². The van der Waals surface area contributed by atoms with Crippen molar-refractivity contribution in [1.29, 1.82) is 0 Å². The molecule has 0 bridgehead atoms. The number of nitrogens with one attached hydrogen (secondary N) is 1. The fourth-order valence-corrected chi connectivity index (χ4v) is 1.25. The maximum atomic E-state index is 10.9. The van der Waals surface area contributed by atoms with E-state index in [1.807, 2.05) is 0 Å². The Hall–Kier alpha value is -0.570. The lowest BCUT2D eigenvalue weighted by Crippen LogP contribution is -2.34. The third-order valence-corrected chi connectivity index (χ3v) is 1.86. The van der Waals surface area contributed by atoms with Gasteiger partial charge < -0.3 is 10.1 Å². The van der Waals surface area contributed by atoms with Crippen molar-refractivity contribution in [3.8, 4) is 0 Å². The molecule has 1 aliphatic rings. The zero-order valence-electron chi connectivity index (χ0n) is 6.39. The third kappa shape index (κ3) is 1.48. The van der Waals surface area contributed by atoms with Crippen molar-refractivity contribution < 1.29 is 9.53 Å². The van der Waals surface area contributed by atoms with Crippen LogP contribution in [0.15, 0.2) is 0 Å². The predicted octanol–water partition coefficient (Wildman–Crippen LogP) is 0.300. The van der Waals surface area contributed by atoms with Crippen LogP contribution in [0.5, 0.6) is 0 Å². The van der Waals surface area contributed by atoms with E-state index in [0.29, 0.717) is 6.04 Å². The Kier molecular flexibility index (Phi) is 2.27. The molecule has 2 unspecified atom stereocenters. The van der Waals surface area contributed by atoms with Crippen molar-refractivity contribution >= 4 is 5.97 Å². The van der Waals surface area contributed by atoms with E-state index in [2.05, 4.69) is 17.0 Å². The highest BCUT2D eigenvalue weighted by Crippen LogP contribution is 2.11. The molecule has 1 fully saturated rings. The fourth-order valence-electron chi connectivity index (χ4n) is 1.25. The summed E-state index contributed by atoms with van der Waals surface area (Å²) < 4.78 is 4.58. The topological polar surface area (TPSA) is 38.3 Å². The van der Waals surface area contributed by atoms with Gasteiger partial charge in [-0.05, 0) is 19.8 Å². The number of esters is 1. The van der Waals surface area contributed by atoms with Gasteiger partial charge in [-0.15, -0.1) is 0 Å². The Morgan fingerprint density at radius 3 is 2.70 bits per heavy atom. The van der Waals surface area contributed by atoms with E-state index in [9.17, 15) is 4.79 Å². The van der Waals surface area contributed by atoms with Crippen molar-refractivity contribution in [1.82, 2.24) is 5.32 Å². The summed E-state index contributed by atoms with van der Waals surface area (Å²) in [4.78, 5) is 10.9. The van der Waals surface area contributed by atoms with Gasteiger partial charge in [-0.1, -0.05) is 0 Å². The summed E-state index contributed by atoms with van der Waals surface area (Å²) in [5.74, 6) is -0.135. The Balaban J connectivity index is 2.37. The number of carbonyl (C=O) groups is 1. The minimum atomic E-state index is -0.135. The molecule has 0 saturated carbocycles. The molecule has 3 nitrogen and oxygen atoms in total. The first-order chi connectivity index (χ1) is 4.74. The number of hydrogen-bond acceptors (Lipinski definition) is 3. The second kappa shape index (κ2) is 3.01. The van der Waals surface area contributed by atoms with E-state index in [-0.39, 0.29) is 12.0 Å². The van der Waals surface area contributed by atoms with Gasteiger partial charge in [0, 0.05) is 6.04 Å². The van der Waals surface area contributed by atoms with Gasteiger partial charge in [-0.25, -0.2) is 0 Å². The van der Waals surface area contributed by atoms with Gasteiger partial charge in [0.25, 0.3) is 0 Å². The molecule has 3 heteroatoms. The first kappa shape index (κ1) is 7.54. The molecule has 1 rings (SSSR count). The number of ether oxygens (including phenoxy) is 1. The van der Waals surface area contributed by atoms with Gasteiger partial charge >= 0.3 is 5.97 Å². The second-order valence-electron chi connectivity index (χ2n) is 2.72. The Labute approximate surface area is 60.7 Å². The lowest BCUT2D eigenvalue weighted by atomic mass is 10.2. The standard InChI is InChI=1S/C7H13NO2/c1-5-3-4-6(8-5)7(9)10-2/h5-6,8H,3-4H2,1-2H3. The largest absolute Gasteiger partial charge is 0.468 e. The van der Waals surface area contributed by atoms with Crippen LogP contribution in [0.2, 0.25) is 0 Å². The number of methoxy groups -OCH3 is 1. The van der Waals surface area contributed by atoms with E-state index < -0.39 is 0 Å². The minimum absolute atomic E-state index is 0.0556. The molecule has 0 aromatic carbocycles. The summed E-state index contributed by atoms with van der Waals surface area (Å²) >= 11 is 0. The highest BCUT2D eigenvalue weighted by Gasteiger charge is 2.26. The van der Waals surface area contributed by atoms with Gasteiger partial charge in [0.1, 0.15) is 6.04 Å². The molecule has 58 valence electrons. The van der Waals surface area contributed by atoms with Crippen molar-refractivity contribution in [3.05, 3.63) is 0 Å². The fraction of sp³-hybridized carbons (Fsp3) is 0.857. The maximum Gasteiger partial charge on any atom is 0.322 e. The summed E-state index contributed by atoms with van der Waals surface area (Å²) in [5.41, 5.74) is 0. The molecule has 0 radical (unpaired) electrons. The van der Waals surface area contributed by atoms with E-state index in [1.165, 1.54) is 7.11 Å². The van der Waals surface area contributed by atoms with E-state index >= 15 is 0 Å². The highest BCUT2D eigenvalue weighted by atomic mass is 16.5. The molecule has 10 heavy (non-hydrogen) atoms. The van der Waals surface area contributed by atoms with Crippen LogP contribution in [0.1, 0.15) is 19.8 Å². The average molecular weight is 143 g/mol. The first-order valence-corrected chi connectivity index (χ1v) is 3.58. The monoisotopic (exact) mass is 143 g/mol. The van der Waals surface area contributed by atoms with E-state index in [0.717, 1.165) is 12.8 Å². The normalized spacial score (nSPS) is 32.2. The zero-order valence-corrected chi connectivity index (χ0v) is 6.39. The number of rotatable bonds is 1. The van der Waals surface area contributed by atoms with Crippen LogP contribution in [0.4, 0.5) is 0 Å². The van der Waals surface area contributed by atoms with Gasteiger partial charge in [-0.3, -0.25) is 4.79 Å². The molecule has 0 aliphatic carbocycles. The molecule has 2 atom stereocenters. The van der Waals surface area contributed by atoms with Gasteiger partial charge in [-0.2, -0.15) is 0 Å². The lowest BCUT2D eigenvalue weighted by molar-refractivity contribution is -0.142. The summed E-state index contributed by atoms with van der Waals surface area (Å²) in [6.45, 7) is 2.07. The van der Waals surface area contributed by atoms with E-state index in [4.69, 9.17) is 0 Å². The molecule has 1 heterocycles. The highest BCUT2D eigenvalue weighted by molar-refractivity contribution is 5.75. The predicted molar refractivity (Wildman–Crippen MR) is 37.6 cm³/mol. The van der Waals surface area contributed by atoms with Gasteiger partial charge in [0.05, 0.1) is 7.11 Å². The van der Waals surface area contributed by atoms with Crippen LogP contribution in [0, 0.1) is 0 Å². The van der Waals surface area contributed by atoms with Crippen molar-refractivity contribution in [2.75, 3.05) is 7.11 Å². The van der Waals surface area contributed by atoms with Gasteiger partial charge in [0.2, 0.25) is 0 Å². The average Bonchev–Trinajstić information content (AvgIpc) is 2.34. The first-order valence-electron chi connectivity index (χ1n) is 3.58. The Morgan fingerprint density at radius 2 is 2.30 bits per heavy atom. The van der Waals surface area contributed by atoms with Gasteiger partial charge in [0.15, 0.2) is 0 Å². The van der Waals surface area contributed by atoms with Crippen molar-refractivity contribution in [2.45, 2.75) is 31.8 Å². The molecule has 1 saturated heterocycles. The molecule has 1 aliphatic heterocycles. The second-order valence-corrected chi connectivity index (χ2v) is 2.72. The Bertz CT molecular complexity index is 136. The van der Waals surface area contributed by atoms with Crippen LogP contribution >= 0.6 is 0 Å². The van der Waals surface area contributed by atoms with Crippen LogP contribution in [0.25, 0.3) is 0 Å². The molecule has 0 aromatic heterocycles. The SMILES string of the molecule is COC(=O)C1CCC(C)N1. The molecule has 0 spiro atoms. The molecule has 0 amide bonds. The summed E-state index contributed by atoms with van der Waals surface area (Å²) in [7, 11) is 1.42. The maximum absolute atomic E-state index is 10.9. The summed E-state index contributed by atoms with van der Waals surface area (Å²) in [6.07, 6.45) is 1.98. The lowest BCUT2D eigenvalue weighted by Gasteiger charge is -2.07. The minimum Gasteiger partial charge on any atom is -0.468 e.